The fourth-order valence-corrected chi connectivity index (χ4v) is 2.83. The second kappa shape index (κ2) is 4.99. The fourth-order valence-electron chi connectivity index (χ4n) is 2.83. The van der Waals surface area contributed by atoms with E-state index < -0.39 is 0 Å². The van der Waals surface area contributed by atoms with Crippen molar-refractivity contribution < 1.29 is 4.79 Å². The van der Waals surface area contributed by atoms with Gasteiger partial charge >= 0.3 is 0 Å². The van der Waals surface area contributed by atoms with Gasteiger partial charge in [-0.25, -0.2) is 0 Å². The van der Waals surface area contributed by atoms with Gasteiger partial charge in [-0.1, -0.05) is 38.5 Å². The zero-order valence-electron chi connectivity index (χ0n) is 11.3. The van der Waals surface area contributed by atoms with Crippen molar-refractivity contribution >= 4 is 5.78 Å². The van der Waals surface area contributed by atoms with Crippen molar-refractivity contribution in [1.82, 2.24) is 0 Å². The Balaban J connectivity index is 2.67. The molecule has 1 unspecified atom stereocenters. The first-order valence-corrected chi connectivity index (χ1v) is 6.21. The first-order chi connectivity index (χ1) is 7.32. The molecule has 1 atom stereocenters. The summed E-state index contributed by atoms with van der Waals surface area (Å²) in [6, 6.07) is 0. The highest BCUT2D eigenvalue weighted by molar-refractivity contribution is 5.97. The monoisotopic (exact) mass is 220 g/mol. The van der Waals surface area contributed by atoms with E-state index in [1.54, 1.807) is 0 Å². The Morgan fingerprint density at radius 1 is 1.50 bits per heavy atom. The van der Waals surface area contributed by atoms with Crippen molar-refractivity contribution in [2.45, 2.75) is 53.9 Å². The molecule has 0 bridgehead atoms. The molecule has 0 aliphatic heterocycles. The van der Waals surface area contributed by atoms with Crippen LogP contribution < -0.4 is 0 Å². The van der Waals surface area contributed by atoms with Gasteiger partial charge in [-0.05, 0) is 43.6 Å². The maximum Gasteiger partial charge on any atom is 0.159 e. The molecule has 0 radical (unpaired) electrons. The second-order valence-electron chi connectivity index (χ2n) is 5.94. The van der Waals surface area contributed by atoms with E-state index >= 15 is 0 Å². The SMILES string of the molecule is CC(C)=CC(C)(C)CC(C)C1=CCCC1=O. The molecule has 0 saturated heterocycles. The summed E-state index contributed by atoms with van der Waals surface area (Å²) < 4.78 is 0. The van der Waals surface area contributed by atoms with Crippen LogP contribution in [0.1, 0.15) is 53.9 Å². The van der Waals surface area contributed by atoms with Crippen molar-refractivity contribution in [2.24, 2.45) is 11.3 Å². The highest BCUT2D eigenvalue weighted by Gasteiger charge is 2.25. The Hall–Kier alpha value is -0.850. The van der Waals surface area contributed by atoms with Crippen molar-refractivity contribution in [3.63, 3.8) is 0 Å². The maximum atomic E-state index is 11.6. The summed E-state index contributed by atoms with van der Waals surface area (Å²) >= 11 is 0. The molecule has 0 spiro atoms. The molecule has 16 heavy (non-hydrogen) atoms. The molecule has 0 heterocycles. The third-order valence-corrected chi connectivity index (χ3v) is 3.10. The number of hydrogen-bond acceptors (Lipinski definition) is 1. The molecule has 1 rings (SSSR count). The predicted octanol–water partition coefficient (Wildman–Crippen LogP) is 4.29. The van der Waals surface area contributed by atoms with Crippen LogP contribution in [-0.4, -0.2) is 5.78 Å². The van der Waals surface area contributed by atoms with Gasteiger partial charge in [0.15, 0.2) is 5.78 Å². The summed E-state index contributed by atoms with van der Waals surface area (Å²) in [5.74, 6) is 0.751. The summed E-state index contributed by atoms with van der Waals surface area (Å²) in [5.41, 5.74) is 2.60. The minimum Gasteiger partial charge on any atom is -0.295 e. The molecule has 1 nitrogen and oxygen atoms in total. The molecule has 0 aromatic rings. The van der Waals surface area contributed by atoms with Crippen LogP contribution in [0.15, 0.2) is 23.3 Å². The van der Waals surface area contributed by atoms with Gasteiger partial charge in [-0.2, -0.15) is 0 Å². The maximum absolute atomic E-state index is 11.6. The lowest BCUT2D eigenvalue weighted by Crippen LogP contribution is -2.16. The van der Waals surface area contributed by atoms with Crippen LogP contribution in [0.4, 0.5) is 0 Å². The number of ketones is 1. The summed E-state index contributed by atoms with van der Waals surface area (Å²) in [5, 5.41) is 0. The molecule has 0 N–H and O–H groups in total. The van der Waals surface area contributed by atoms with Crippen LogP contribution in [-0.2, 0) is 4.79 Å². The summed E-state index contributed by atoms with van der Waals surface area (Å²) in [6.07, 6.45) is 7.16. The van der Waals surface area contributed by atoms with Crippen LogP contribution >= 0.6 is 0 Å². The van der Waals surface area contributed by atoms with Gasteiger partial charge in [-0.3, -0.25) is 4.79 Å². The van der Waals surface area contributed by atoms with Crippen LogP contribution in [0.3, 0.4) is 0 Å². The Morgan fingerprint density at radius 3 is 2.56 bits per heavy atom. The normalized spacial score (nSPS) is 18.3. The topological polar surface area (TPSA) is 17.1 Å². The molecule has 90 valence electrons. The average molecular weight is 220 g/mol. The summed E-state index contributed by atoms with van der Waals surface area (Å²) in [4.78, 5) is 11.6. The zero-order chi connectivity index (χ0) is 12.3. The number of Topliss-reactive ketones (excluding diaryl/α,β-unsaturated/α-hetero) is 1. The van der Waals surface area contributed by atoms with E-state index in [0.29, 0.717) is 11.7 Å². The Morgan fingerprint density at radius 2 is 2.12 bits per heavy atom. The third-order valence-electron chi connectivity index (χ3n) is 3.10. The average Bonchev–Trinajstić information content (AvgIpc) is 2.47. The van der Waals surface area contributed by atoms with Gasteiger partial charge in [0.05, 0.1) is 0 Å². The third kappa shape index (κ3) is 3.62. The Labute approximate surface area is 99.6 Å². The van der Waals surface area contributed by atoms with E-state index in [1.165, 1.54) is 5.57 Å². The van der Waals surface area contributed by atoms with Gasteiger partial charge in [0.1, 0.15) is 0 Å². The molecular formula is C15H24O. The van der Waals surface area contributed by atoms with E-state index in [9.17, 15) is 4.79 Å². The van der Waals surface area contributed by atoms with Gasteiger partial charge in [0.2, 0.25) is 0 Å². The van der Waals surface area contributed by atoms with Gasteiger partial charge in [0.25, 0.3) is 0 Å². The molecule has 0 fully saturated rings. The van der Waals surface area contributed by atoms with Gasteiger partial charge in [0, 0.05) is 6.42 Å². The number of carbonyl (C=O) groups is 1. The molecular weight excluding hydrogens is 196 g/mol. The lowest BCUT2D eigenvalue weighted by molar-refractivity contribution is -0.115. The van der Waals surface area contributed by atoms with Crippen molar-refractivity contribution in [2.75, 3.05) is 0 Å². The van der Waals surface area contributed by atoms with E-state index in [1.807, 2.05) is 0 Å². The van der Waals surface area contributed by atoms with Crippen LogP contribution in [0.2, 0.25) is 0 Å². The predicted molar refractivity (Wildman–Crippen MR) is 69.3 cm³/mol. The number of rotatable bonds is 4. The Bertz CT molecular complexity index is 327. The number of allylic oxidation sites excluding steroid dienone is 4. The van der Waals surface area contributed by atoms with Gasteiger partial charge < -0.3 is 0 Å². The Kier molecular flexibility index (Phi) is 4.12. The molecule has 0 saturated carbocycles. The molecule has 0 aromatic heterocycles. The molecule has 1 aliphatic carbocycles. The minimum atomic E-state index is 0.183. The number of carbonyl (C=O) groups excluding carboxylic acids is 1. The summed E-state index contributed by atoms with van der Waals surface area (Å²) in [6.45, 7) is 10.9. The lowest BCUT2D eigenvalue weighted by atomic mass is 9.79. The highest BCUT2D eigenvalue weighted by Crippen LogP contribution is 2.34. The molecule has 1 aliphatic rings. The van der Waals surface area contributed by atoms with E-state index in [2.05, 4.69) is 46.8 Å². The fraction of sp³-hybridized carbons (Fsp3) is 0.667. The van der Waals surface area contributed by atoms with Crippen LogP contribution in [0.25, 0.3) is 0 Å². The van der Waals surface area contributed by atoms with Crippen molar-refractivity contribution in [3.8, 4) is 0 Å². The van der Waals surface area contributed by atoms with E-state index in [4.69, 9.17) is 0 Å². The largest absolute Gasteiger partial charge is 0.295 e. The second-order valence-corrected chi connectivity index (χ2v) is 5.94. The van der Waals surface area contributed by atoms with E-state index in [0.717, 1.165) is 24.8 Å². The van der Waals surface area contributed by atoms with Crippen LogP contribution in [0.5, 0.6) is 0 Å². The standard InChI is InChI=1S/C15H24O/c1-11(2)9-15(4,5)10-12(3)13-7-6-8-14(13)16/h7,9,12H,6,8,10H2,1-5H3. The van der Waals surface area contributed by atoms with Crippen LogP contribution in [0, 0.1) is 11.3 Å². The smallest absolute Gasteiger partial charge is 0.159 e. The quantitative estimate of drug-likeness (QED) is 0.646. The summed E-state index contributed by atoms with van der Waals surface area (Å²) in [7, 11) is 0. The lowest BCUT2D eigenvalue weighted by Gasteiger charge is -2.25. The van der Waals surface area contributed by atoms with E-state index in [-0.39, 0.29) is 5.41 Å². The van der Waals surface area contributed by atoms with Crippen molar-refractivity contribution in [1.29, 1.82) is 0 Å². The number of hydrogen-bond donors (Lipinski definition) is 0. The van der Waals surface area contributed by atoms with Gasteiger partial charge in [-0.15, -0.1) is 0 Å². The molecule has 1 heteroatoms. The first kappa shape index (κ1) is 13.2. The molecule has 0 amide bonds. The minimum absolute atomic E-state index is 0.183. The highest BCUT2D eigenvalue weighted by atomic mass is 16.1. The molecule has 0 aromatic carbocycles. The van der Waals surface area contributed by atoms with Crippen molar-refractivity contribution in [3.05, 3.63) is 23.3 Å². The first-order valence-electron chi connectivity index (χ1n) is 6.21. The zero-order valence-corrected chi connectivity index (χ0v) is 11.3.